The normalized spacial score (nSPS) is 17.5. The van der Waals surface area contributed by atoms with Gasteiger partial charge in [0.05, 0.1) is 17.8 Å². The van der Waals surface area contributed by atoms with E-state index in [1.54, 1.807) is 23.1 Å². The molecule has 0 spiro atoms. The second-order valence-electron chi connectivity index (χ2n) is 5.89. The molecule has 0 N–H and O–H groups in total. The Balaban J connectivity index is 1.82. The second kappa shape index (κ2) is 5.53. The van der Waals surface area contributed by atoms with Gasteiger partial charge in [-0.3, -0.25) is 4.79 Å². The fraction of sp³-hybridized carbons (Fsp3) is 0.375. The number of hydrogen-bond acceptors (Lipinski definition) is 4. The van der Waals surface area contributed by atoms with Gasteiger partial charge in [-0.15, -0.1) is 0 Å². The number of benzene rings is 1. The third kappa shape index (κ3) is 2.87. The van der Waals surface area contributed by atoms with E-state index in [0.717, 1.165) is 0 Å². The standard InChI is InChI=1S/C16H17FN2O3/c1-16(2)10-19(7-8-21-16)15(20)13-9-14(22-18-13)11-5-3-4-6-12(11)17/h3-6,9H,7-8,10H2,1-2H3. The molecule has 2 heterocycles. The Morgan fingerprint density at radius 2 is 2.14 bits per heavy atom. The van der Waals surface area contributed by atoms with Crippen molar-refractivity contribution < 1.29 is 18.4 Å². The first-order valence-electron chi connectivity index (χ1n) is 7.11. The predicted molar refractivity (Wildman–Crippen MR) is 77.8 cm³/mol. The molecular formula is C16H17FN2O3. The van der Waals surface area contributed by atoms with Gasteiger partial charge in [0.15, 0.2) is 11.5 Å². The van der Waals surface area contributed by atoms with Gasteiger partial charge in [0.2, 0.25) is 0 Å². The average Bonchev–Trinajstić information content (AvgIpc) is 2.95. The summed E-state index contributed by atoms with van der Waals surface area (Å²) in [7, 11) is 0. The summed E-state index contributed by atoms with van der Waals surface area (Å²) in [4.78, 5) is 14.1. The highest BCUT2D eigenvalue weighted by atomic mass is 19.1. The van der Waals surface area contributed by atoms with Crippen LogP contribution in [0.2, 0.25) is 0 Å². The number of aromatic nitrogens is 1. The summed E-state index contributed by atoms with van der Waals surface area (Å²) in [6.07, 6.45) is 0. The van der Waals surface area contributed by atoms with Gasteiger partial charge in [-0.2, -0.15) is 0 Å². The molecule has 1 aromatic carbocycles. The lowest BCUT2D eigenvalue weighted by atomic mass is 10.1. The minimum Gasteiger partial charge on any atom is -0.372 e. The van der Waals surface area contributed by atoms with Gasteiger partial charge < -0.3 is 14.2 Å². The molecule has 6 heteroatoms. The van der Waals surface area contributed by atoms with Crippen molar-refractivity contribution in [3.63, 3.8) is 0 Å². The lowest BCUT2D eigenvalue weighted by Gasteiger charge is -2.37. The minimum atomic E-state index is -0.412. The molecule has 1 fully saturated rings. The maximum absolute atomic E-state index is 13.7. The zero-order chi connectivity index (χ0) is 15.7. The summed E-state index contributed by atoms with van der Waals surface area (Å²) in [6, 6.07) is 7.69. The zero-order valence-corrected chi connectivity index (χ0v) is 12.5. The number of halogens is 1. The highest BCUT2D eigenvalue weighted by molar-refractivity contribution is 5.93. The zero-order valence-electron chi connectivity index (χ0n) is 12.5. The molecule has 0 aliphatic carbocycles. The number of carbonyl (C=O) groups is 1. The molecule has 0 saturated carbocycles. The molecule has 0 unspecified atom stereocenters. The molecule has 1 amide bonds. The Kier molecular flexibility index (Phi) is 3.70. The van der Waals surface area contributed by atoms with E-state index in [0.29, 0.717) is 19.7 Å². The molecule has 1 saturated heterocycles. The maximum Gasteiger partial charge on any atom is 0.276 e. The first kappa shape index (κ1) is 14.7. The minimum absolute atomic E-state index is 0.177. The number of hydrogen-bond donors (Lipinski definition) is 0. The SMILES string of the molecule is CC1(C)CN(C(=O)c2cc(-c3ccccc3F)on2)CCO1. The molecule has 1 aliphatic rings. The fourth-order valence-corrected chi connectivity index (χ4v) is 2.52. The van der Waals surface area contributed by atoms with Crippen LogP contribution in [0.25, 0.3) is 11.3 Å². The summed E-state index contributed by atoms with van der Waals surface area (Å²) in [5, 5.41) is 3.78. The predicted octanol–water partition coefficient (Wildman–Crippen LogP) is 2.73. The monoisotopic (exact) mass is 304 g/mol. The number of nitrogens with zero attached hydrogens (tertiary/aromatic N) is 2. The fourth-order valence-electron chi connectivity index (χ4n) is 2.52. The summed E-state index contributed by atoms with van der Waals surface area (Å²) < 4.78 is 24.5. The van der Waals surface area contributed by atoms with Gasteiger partial charge in [-0.05, 0) is 26.0 Å². The van der Waals surface area contributed by atoms with E-state index in [2.05, 4.69) is 5.16 Å². The van der Waals surface area contributed by atoms with Gasteiger partial charge in [0, 0.05) is 19.2 Å². The van der Waals surface area contributed by atoms with Crippen molar-refractivity contribution in [1.29, 1.82) is 0 Å². The number of rotatable bonds is 2. The van der Waals surface area contributed by atoms with Crippen LogP contribution in [0.15, 0.2) is 34.9 Å². The third-order valence-corrected chi connectivity index (χ3v) is 3.58. The van der Waals surface area contributed by atoms with Crippen LogP contribution >= 0.6 is 0 Å². The Morgan fingerprint density at radius 1 is 1.36 bits per heavy atom. The van der Waals surface area contributed by atoms with Gasteiger partial charge in [0.1, 0.15) is 5.82 Å². The Bertz CT molecular complexity index is 696. The van der Waals surface area contributed by atoms with Crippen molar-refractivity contribution in [3.8, 4) is 11.3 Å². The highest BCUT2D eigenvalue weighted by Crippen LogP contribution is 2.24. The largest absolute Gasteiger partial charge is 0.372 e. The maximum atomic E-state index is 13.7. The van der Waals surface area contributed by atoms with Crippen molar-refractivity contribution >= 4 is 5.91 Å². The topological polar surface area (TPSA) is 55.6 Å². The van der Waals surface area contributed by atoms with Crippen molar-refractivity contribution in [2.24, 2.45) is 0 Å². The van der Waals surface area contributed by atoms with Gasteiger partial charge in [-0.1, -0.05) is 17.3 Å². The quantitative estimate of drug-likeness (QED) is 0.856. The van der Waals surface area contributed by atoms with E-state index in [9.17, 15) is 9.18 Å². The molecule has 0 atom stereocenters. The van der Waals surface area contributed by atoms with Gasteiger partial charge in [-0.25, -0.2) is 4.39 Å². The first-order valence-corrected chi connectivity index (χ1v) is 7.11. The van der Waals surface area contributed by atoms with Crippen LogP contribution in [0.5, 0.6) is 0 Å². The first-order chi connectivity index (χ1) is 10.5. The average molecular weight is 304 g/mol. The molecule has 22 heavy (non-hydrogen) atoms. The van der Waals surface area contributed by atoms with Crippen molar-refractivity contribution in [3.05, 3.63) is 41.8 Å². The molecule has 5 nitrogen and oxygen atoms in total. The van der Waals surface area contributed by atoms with Gasteiger partial charge >= 0.3 is 0 Å². The number of carbonyl (C=O) groups excluding carboxylic acids is 1. The van der Waals surface area contributed by atoms with Crippen LogP contribution in [0, 0.1) is 5.82 Å². The van der Waals surface area contributed by atoms with E-state index < -0.39 is 5.82 Å². The number of morpholine rings is 1. The summed E-state index contributed by atoms with van der Waals surface area (Å²) in [6.45, 7) is 5.33. The Morgan fingerprint density at radius 3 is 2.86 bits per heavy atom. The molecule has 0 radical (unpaired) electrons. The van der Waals surface area contributed by atoms with Crippen LogP contribution in [-0.4, -0.2) is 41.3 Å². The smallest absolute Gasteiger partial charge is 0.276 e. The molecule has 3 rings (SSSR count). The van der Waals surface area contributed by atoms with E-state index in [1.807, 2.05) is 13.8 Å². The highest BCUT2D eigenvalue weighted by Gasteiger charge is 2.31. The van der Waals surface area contributed by atoms with E-state index in [-0.39, 0.29) is 28.5 Å². The Hall–Kier alpha value is -2.21. The molecule has 2 aromatic rings. The third-order valence-electron chi connectivity index (χ3n) is 3.58. The van der Waals surface area contributed by atoms with E-state index in [4.69, 9.17) is 9.26 Å². The summed E-state index contributed by atoms with van der Waals surface area (Å²) in [5.41, 5.74) is 0.0822. The Labute approximate surface area is 127 Å². The van der Waals surface area contributed by atoms with Crippen LogP contribution < -0.4 is 0 Å². The summed E-state index contributed by atoms with van der Waals surface area (Å²) >= 11 is 0. The van der Waals surface area contributed by atoms with Gasteiger partial charge in [0.25, 0.3) is 5.91 Å². The van der Waals surface area contributed by atoms with Crippen LogP contribution in [0.1, 0.15) is 24.3 Å². The van der Waals surface area contributed by atoms with E-state index >= 15 is 0 Å². The number of ether oxygens (including phenoxy) is 1. The lowest BCUT2D eigenvalue weighted by molar-refractivity contribution is -0.0765. The van der Waals surface area contributed by atoms with E-state index in [1.165, 1.54) is 12.1 Å². The van der Waals surface area contributed by atoms with Crippen molar-refractivity contribution in [2.75, 3.05) is 19.7 Å². The van der Waals surface area contributed by atoms with Crippen LogP contribution in [0.4, 0.5) is 4.39 Å². The van der Waals surface area contributed by atoms with Crippen molar-refractivity contribution in [1.82, 2.24) is 10.1 Å². The van der Waals surface area contributed by atoms with Crippen LogP contribution in [0.3, 0.4) is 0 Å². The molecule has 0 bridgehead atoms. The van der Waals surface area contributed by atoms with Crippen molar-refractivity contribution in [2.45, 2.75) is 19.4 Å². The molecule has 116 valence electrons. The second-order valence-corrected chi connectivity index (χ2v) is 5.89. The molecular weight excluding hydrogens is 287 g/mol. The van der Waals surface area contributed by atoms with Crippen LogP contribution in [-0.2, 0) is 4.74 Å². The molecule has 1 aliphatic heterocycles. The summed E-state index contributed by atoms with van der Waals surface area (Å²) in [5.74, 6) is -0.401. The number of amides is 1. The lowest BCUT2D eigenvalue weighted by Crippen LogP contribution is -2.50. The molecule has 1 aromatic heterocycles.